The van der Waals surface area contributed by atoms with Gasteiger partial charge in [-0.2, -0.15) is 5.10 Å². The Labute approximate surface area is 198 Å². The number of rotatable bonds is 8. The van der Waals surface area contributed by atoms with Crippen molar-refractivity contribution in [1.29, 1.82) is 0 Å². The van der Waals surface area contributed by atoms with Crippen LogP contribution in [-0.2, 0) is 24.7 Å². The highest BCUT2D eigenvalue weighted by Gasteiger charge is 2.24. The van der Waals surface area contributed by atoms with Crippen molar-refractivity contribution in [3.8, 4) is 5.88 Å². The van der Waals surface area contributed by atoms with Crippen LogP contribution in [0.15, 0.2) is 49.1 Å². The van der Waals surface area contributed by atoms with E-state index in [0.717, 1.165) is 43.7 Å². The molecule has 34 heavy (non-hydrogen) atoms. The zero-order chi connectivity index (χ0) is 24.3. The molecule has 3 heterocycles. The molecule has 1 unspecified atom stereocenters. The van der Waals surface area contributed by atoms with Crippen LogP contribution < -0.4 is 15.0 Å². The van der Waals surface area contributed by atoms with Crippen molar-refractivity contribution in [2.75, 3.05) is 31.6 Å². The first kappa shape index (κ1) is 24.7. The first-order valence-electron chi connectivity index (χ1n) is 11.1. The summed E-state index contributed by atoms with van der Waals surface area (Å²) in [5, 5.41) is 14.0. The van der Waals surface area contributed by atoms with E-state index in [2.05, 4.69) is 31.3 Å². The molecular formula is C24H30N6O4. The van der Waals surface area contributed by atoms with E-state index in [-0.39, 0.29) is 12.4 Å². The van der Waals surface area contributed by atoms with Gasteiger partial charge in [0.05, 0.1) is 13.3 Å². The Hall–Kier alpha value is -3.95. The number of hydrogen-bond acceptors (Lipinski definition) is 7. The number of ether oxygens (including phenoxy) is 1. The molecule has 180 valence electrons. The summed E-state index contributed by atoms with van der Waals surface area (Å²) in [6, 6.07) is 9.82. The summed E-state index contributed by atoms with van der Waals surface area (Å²) in [6.45, 7) is 2.23. The van der Waals surface area contributed by atoms with Crippen molar-refractivity contribution >= 4 is 18.2 Å². The van der Waals surface area contributed by atoms with Crippen molar-refractivity contribution in [2.24, 2.45) is 13.0 Å². The fraction of sp³-hybridized carbons (Fsp3) is 0.375. The lowest BCUT2D eigenvalue weighted by atomic mass is 9.97. The van der Waals surface area contributed by atoms with Crippen LogP contribution in [0.25, 0.3) is 0 Å². The second kappa shape index (κ2) is 12.3. The number of carboxylic acid groups (broad SMARTS) is 1. The lowest BCUT2D eigenvalue weighted by Gasteiger charge is -2.17. The van der Waals surface area contributed by atoms with Gasteiger partial charge in [0, 0.05) is 44.5 Å². The van der Waals surface area contributed by atoms with Gasteiger partial charge >= 0.3 is 0 Å². The highest BCUT2D eigenvalue weighted by atomic mass is 16.5. The van der Waals surface area contributed by atoms with Crippen LogP contribution in [0.4, 0.5) is 5.82 Å². The number of nitrogens with one attached hydrogen (secondary N) is 1. The van der Waals surface area contributed by atoms with Gasteiger partial charge in [-0.1, -0.05) is 12.1 Å². The van der Waals surface area contributed by atoms with E-state index in [4.69, 9.17) is 14.6 Å². The smallest absolute Gasteiger partial charge is 0.290 e. The zero-order valence-electron chi connectivity index (χ0n) is 19.4. The van der Waals surface area contributed by atoms with Gasteiger partial charge in [0.2, 0.25) is 5.88 Å². The minimum Gasteiger partial charge on any atom is -0.483 e. The lowest BCUT2D eigenvalue weighted by Crippen LogP contribution is -2.25. The average Bonchev–Trinajstić information content (AvgIpc) is 3.48. The summed E-state index contributed by atoms with van der Waals surface area (Å²) >= 11 is 0. The lowest BCUT2D eigenvalue weighted by molar-refractivity contribution is -0.122. The highest BCUT2D eigenvalue weighted by Crippen LogP contribution is 2.26. The molecule has 1 aliphatic rings. The molecule has 1 amide bonds. The largest absolute Gasteiger partial charge is 0.483 e. The summed E-state index contributed by atoms with van der Waals surface area (Å²) < 4.78 is 6.98. The summed E-state index contributed by atoms with van der Waals surface area (Å²) in [4.78, 5) is 31.6. The Kier molecular flexibility index (Phi) is 8.96. The Morgan fingerprint density at radius 1 is 1.29 bits per heavy atom. The Bertz CT molecular complexity index is 1090. The third kappa shape index (κ3) is 7.03. The summed E-state index contributed by atoms with van der Waals surface area (Å²) in [6.07, 6.45) is 8.14. The Morgan fingerprint density at radius 3 is 2.85 bits per heavy atom. The third-order valence-corrected chi connectivity index (χ3v) is 5.62. The molecule has 1 aromatic carbocycles. The minimum atomic E-state index is -0.250. The van der Waals surface area contributed by atoms with Crippen LogP contribution >= 0.6 is 0 Å². The maximum absolute atomic E-state index is 12.6. The second-order valence-corrected chi connectivity index (χ2v) is 8.06. The van der Waals surface area contributed by atoms with Gasteiger partial charge in [-0.15, -0.1) is 0 Å². The van der Waals surface area contributed by atoms with E-state index in [1.165, 1.54) is 11.9 Å². The third-order valence-electron chi connectivity index (χ3n) is 5.62. The molecule has 0 spiro atoms. The van der Waals surface area contributed by atoms with E-state index in [1.807, 2.05) is 43.7 Å². The van der Waals surface area contributed by atoms with Gasteiger partial charge in [0.25, 0.3) is 12.4 Å². The number of methoxy groups -OCH3 is 1. The van der Waals surface area contributed by atoms with Crippen molar-refractivity contribution < 1.29 is 19.4 Å². The number of hydrogen-bond donors (Lipinski definition) is 2. The predicted molar refractivity (Wildman–Crippen MR) is 127 cm³/mol. The standard InChI is InChI=1S/C23H28N6O2.CH2O2/c1-28-14-19(13-27-28)6-8-24-23(30)20-5-3-4-17(11-20)10-18-7-9-29(15-18)21-12-22(31-2)26-16-25-21;2-1-3/h3-5,11-14,16,18H,6-10,15H2,1-2H3,(H,24,30);1H,(H,2,3). The van der Waals surface area contributed by atoms with Gasteiger partial charge in [0.15, 0.2) is 0 Å². The number of carbonyl (C=O) groups excluding carboxylic acids is 1. The second-order valence-electron chi connectivity index (χ2n) is 8.06. The first-order valence-corrected chi connectivity index (χ1v) is 11.1. The zero-order valence-corrected chi connectivity index (χ0v) is 19.4. The van der Waals surface area contributed by atoms with E-state index in [0.29, 0.717) is 23.9 Å². The van der Waals surface area contributed by atoms with Crippen LogP contribution in [-0.4, -0.2) is 64.0 Å². The quantitative estimate of drug-likeness (QED) is 0.483. The van der Waals surface area contributed by atoms with Crippen LogP contribution in [0, 0.1) is 5.92 Å². The summed E-state index contributed by atoms with van der Waals surface area (Å²) in [5.41, 5.74) is 3.01. The van der Waals surface area contributed by atoms with E-state index in [9.17, 15) is 4.79 Å². The summed E-state index contributed by atoms with van der Waals surface area (Å²) in [7, 11) is 3.50. The SMILES string of the molecule is COc1cc(N2CCC(Cc3cccc(C(=O)NCCc4cnn(C)c4)c3)C2)ncn1.O=CO. The topological polar surface area (TPSA) is 122 Å². The van der Waals surface area contributed by atoms with Crippen molar-refractivity contribution in [3.63, 3.8) is 0 Å². The molecule has 10 heteroatoms. The molecule has 0 bridgehead atoms. The van der Waals surface area contributed by atoms with Gasteiger partial charge in [-0.05, 0) is 48.4 Å². The van der Waals surface area contributed by atoms with Crippen LogP contribution in [0.3, 0.4) is 0 Å². The van der Waals surface area contributed by atoms with Gasteiger partial charge < -0.3 is 20.1 Å². The normalized spacial score (nSPS) is 14.8. The molecule has 1 fully saturated rings. The monoisotopic (exact) mass is 466 g/mol. The molecular weight excluding hydrogens is 436 g/mol. The molecule has 0 radical (unpaired) electrons. The van der Waals surface area contributed by atoms with Crippen LogP contribution in [0.1, 0.15) is 27.9 Å². The Balaban J connectivity index is 0.00000103. The molecule has 1 atom stereocenters. The molecule has 0 saturated carbocycles. The fourth-order valence-corrected chi connectivity index (χ4v) is 4.02. The van der Waals surface area contributed by atoms with E-state index in [1.54, 1.807) is 11.8 Å². The number of anilines is 1. The molecule has 3 aromatic rings. The molecule has 4 rings (SSSR count). The molecule has 10 nitrogen and oxygen atoms in total. The highest BCUT2D eigenvalue weighted by molar-refractivity contribution is 5.94. The number of carbonyl (C=O) groups is 2. The number of benzene rings is 1. The molecule has 1 saturated heterocycles. The van der Waals surface area contributed by atoms with Crippen LogP contribution in [0.2, 0.25) is 0 Å². The first-order chi connectivity index (χ1) is 16.5. The van der Waals surface area contributed by atoms with Crippen molar-refractivity contribution in [1.82, 2.24) is 25.1 Å². The number of aryl methyl sites for hydroxylation is 1. The molecule has 0 aliphatic carbocycles. The average molecular weight is 467 g/mol. The van der Waals surface area contributed by atoms with E-state index < -0.39 is 0 Å². The number of nitrogens with zero attached hydrogens (tertiary/aromatic N) is 5. The number of amides is 1. The Morgan fingerprint density at radius 2 is 2.12 bits per heavy atom. The summed E-state index contributed by atoms with van der Waals surface area (Å²) in [5.74, 6) is 1.96. The minimum absolute atomic E-state index is 0.0353. The van der Waals surface area contributed by atoms with Gasteiger partial charge in [-0.3, -0.25) is 14.3 Å². The van der Waals surface area contributed by atoms with Gasteiger partial charge in [-0.25, -0.2) is 9.97 Å². The predicted octanol–water partition coefficient (Wildman–Crippen LogP) is 1.96. The molecule has 2 aromatic heterocycles. The maximum Gasteiger partial charge on any atom is 0.290 e. The number of aromatic nitrogens is 4. The molecule has 2 N–H and O–H groups in total. The van der Waals surface area contributed by atoms with Crippen LogP contribution in [0.5, 0.6) is 5.88 Å². The van der Waals surface area contributed by atoms with E-state index >= 15 is 0 Å². The van der Waals surface area contributed by atoms with Crippen molar-refractivity contribution in [2.45, 2.75) is 19.3 Å². The maximum atomic E-state index is 12.6. The molecule has 1 aliphatic heterocycles. The fourth-order valence-electron chi connectivity index (χ4n) is 4.02. The van der Waals surface area contributed by atoms with Crippen molar-refractivity contribution in [3.05, 3.63) is 65.7 Å². The van der Waals surface area contributed by atoms with Gasteiger partial charge in [0.1, 0.15) is 12.1 Å².